The monoisotopic (exact) mass is 283 g/mol. The van der Waals surface area contributed by atoms with Crippen LogP contribution in [0.3, 0.4) is 0 Å². The molecule has 0 atom stereocenters. The molecular formula is C14H22ClN3O. The fraction of sp³-hybridized carbons (Fsp3) is 0.571. The molecule has 0 saturated heterocycles. The summed E-state index contributed by atoms with van der Waals surface area (Å²) in [4.78, 5) is 16.0. The predicted octanol–water partition coefficient (Wildman–Crippen LogP) is 2.79. The molecule has 0 aliphatic heterocycles. The highest BCUT2D eigenvalue weighted by atomic mass is 35.5. The topological polar surface area (TPSA) is 68.0 Å². The summed E-state index contributed by atoms with van der Waals surface area (Å²) in [6.07, 6.45) is 7.65. The summed E-state index contributed by atoms with van der Waals surface area (Å²) in [6, 6.07) is 3.37. The zero-order valence-corrected chi connectivity index (χ0v) is 12.1. The molecule has 1 fully saturated rings. The first-order valence-corrected chi connectivity index (χ1v) is 6.65. The second kappa shape index (κ2) is 6.75. The van der Waals surface area contributed by atoms with E-state index in [1.165, 1.54) is 31.9 Å². The number of nitrogens with two attached hydrogens (primary N) is 1. The maximum Gasteiger partial charge on any atom is 0.269 e. The molecular weight excluding hydrogens is 262 g/mol. The van der Waals surface area contributed by atoms with Crippen LogP contribution in [0.15, 0.2) is 18.3 Å². The Balaban J connectivity index is 0.00000180. The maximum atomic E-state index is 12.0. The number of nitrogens with zero attached hydrogens (tertiary/aromatic N) is 1. The average molecular weight is 284 g/mol. The van der Waals surface area contributed by atoms with E-state index in [9.17, 15) is 4.79 Å². The molecule has 106 valence electrons. The summed E-state index contributed by atoms with van der Waals surface area (Å²) in [7, 11) is 0. The van der Waals surface area contributed by atoms with Crippen LogP contribution < -0.4 is 11.1 Å². The third-order valence-electron chi connectivity index (χ3n) is 4.06. The average Bonchev–Trinajstić information content (AvgIpc) is 2.86. The van der Waals surface area contributed by atoms with Gasteiger partial charge in [-0.15, -0.1) is 12.4 Å². The van der Waals surface area contributed by atoms with Crippen LogP contribution in [0, 0.1) is 5.41 Å². The van der Waals surface area contributed by atoms with Gasteiger partial charge in [0, 0.05) is 6.54 Å². The number of rotatable bonds is 4. The number of hydrogen-bond donors (Lipinski definition) is 2. The second-order valence-corrected chi connectivity index (χ2v) is 5.22. The van der Waals surface area contributed by atoms with Crippen molar-refractivity contribution in [3.8, 4) is 0 Å². The van der Waals surface area contributed by atoms with Gasteiger partial charge in [0.15, 0.2) is 0 Å². The lowest BCUT2D eigenvalue weighted by molar-refractivity contribution is 0.0924. The summed E-state index contributed by atoms with van der Waals surface area (Å²) < 4.78 is 0. The van der Waals surface area contributed by atoms with Crippen molar-refractivity contribution in [2.45, 2.75) is 39.0 Å². The molecule has 1 heterocycles. The SMILES string of the molecule is CCC1(CNC(=O)c2ccc(N)cn2)CCCC1.Cl. The van der Waals surface area contributed by atoms with Gasteiger partial charge in [-0.1, -0.05) is 19.8 Å². The van der Waals surface area contributed by atoms with Crippen LogP contribution in [0.2, 0.25) is 0 Å². The van der Waals surface area contributed by atoms with Crippen LogP contribution in [0.5, 0.6) is 0 Å². The van der Waals surface area contributed by atoms with Gasteiger partial charge < -0.3 is 11.1 Å². The Morgan fingerprint density at radius 3 is 2.63 bits per heavy atom. The minimum absolute atomic E-state index is 0. The van der Waals surface area contributed by atoms with Crippen LogP contribution in [0.1, 0.15) is 49.5 Å². The van der Waals surface area contributed by atoms with Crippen molar-refractivity contribution >= 4 is 24.0 Å². The van der Waals surface area contributed by atoms with Gasteiger partial charge >= 0.3 is 0 Å². The minimum atomic E-state index is -0.102. The minimum Gasteiger partial charge on any atom is -0.397 e. The molecule has 1 saturated carbocycles. The second-order valence-electron chi connectivity index (χ2n) is 5.22. The number of amides is 1. The molecule has 5 heteroatoms. The Morgan fingerprint density at radius 1 is 1.42 bits per heavy atom. The molecule has 3 N–H and O–H groups in total. The van der Waals surface area contributed by atoms with Crippen LogP contribution in [0.25, 0.3) is 0 Å². The van der Waals surface area contributed by atoms with Crippen LogP contribution in [-0.4, -0.2) is 17.4 Å². The van der Waals surface area contributed by atoms with Crippen molar-refractivity contribution in [1.29, 1.82) is 0 Å². The van der Waals surface area contributed by atoms with E-state index in [1.54, 1.807) is 12.1 Å². The zero-order valence-electron chi connectivity index (χ0n) is 11.3. The lowest BCUT2D eigenvalue weighted by Crippen LogP contribution is -2.35. The molecule has 2 rings (SSSR count). The van der Waals surface area contributed by atoms with Crippen molar-refractivity contribution in [2.24, 2.45) is 5.41 Å². The van der Waals surface area contributed by atoms with Gasteiger partial charge in [0.2, 0.25) is 0 Å². The number of halogens is 1. The highest BCUT2D eigenvalue weighted by molar-refractivity contribution is 5.92. The van der Waals surface area contributed by atoms with Gasteiger partial charge in [0.1, 0.15) is 5.69 Å². The van der Waals surface area contributed by atoms with E-state index in [0.717, 1.165) is 13.0 Å². The first kappa shape index (κ1) is 15.8. The van der Waals surface area contributed by atoms with E-state index in [-0.39, 0.29) is 18.3 Å². The number of anilines is 1. The molecule has 1 aliphatic rings. The number of aromatic nitrogens is 1. The third-order valence-corrected chi connectivity index (χ3v) is 4.06. The zero-order chi connectivity index (χ0) is 13.0. The fourth-order valence-electron chi connectivity index (χ4n) is 2.68. The molecule has 1 aromatic heterocycles. The van der Waals surface area contributed by atoms with Crippen molar-refractivity contribution in [1.82, 2.24) is 10.3 Å². The van der Waals surface area contributed by atoms with Gasteiger partial charge in [-0.05, 0) is 36.8 Å². The van der Waals surface area contributed by atoms with E-state index in [1.807, 2.05) is 0 Å². The Labute approximate surface area is 120 Å². The Hall–Kier alpha value is -1.29. The van der Waals surface area contributed by atoms with Gasteiger partial charge in [-0.25, -0.2) is 4.98 Å². The Morgan fingerprint density at radius 2 is 2.11 bits per heavy atom. The molecule has 0 bridgehead atoms. The van der Waals surface area contributed by atoms with Gasteiger partial charge in [0.05, 0.1) is 11.9 Å². The van der Waals surface area contributed by atoms with Gasteiger partial charge in [-0.2, -0.15) is 0 Å². The van der Waals surface area contributed by atoms with E-state index < -0.39 is 0 Å². The molecule has 19 heavy (non-hydrogen) atoms. The first-order valence-electron chi connectivity index (χ1n) is 6.65. The van der Waals surface area contributed by atoms with Gasteiger partial charge in [0.25, 0.3) is 5.91 Å². The van der Waals surface area contributed by atoms with E-state index in [4.69, 9.17) is 5.73 Å². The molecule has 1 amide bonds. The standard InChI is InChI=1S/C14H21N3O.ClH/c1-2-14(7-3-4-8-14)10-17-13(18)12-6-5-11(15)9-16-12;/h5-6,9H,2-4,7-8,10,15H2,1H3,(H,17,18);1H. The first-order chi connectivity index (χ1) is 8.65. The number of nitrogen functional groups attached to an aromatic ring is 1. The lowest BCUT2D eigenvalue weighted by Gasteiger charge is -2.27. The molecule has 0 unspecified atom stereocenters. The van der Waals surface area contributed by atoms with Crippen LogP contribution >= 0.6 is 12.4 Å². The summed E-state index contributed by atoms with van der Waals surface area (Å²) in [5.74, 6) is -0.102. The molecule has 0 aromatic carbocycles. The predicted molar refractivity (Wildman–Crippen MR) is 79.4 cm³/mol. The van der Waals surface area contributed by atoms with Crippen LogP contribution in [0.4, 0.5) is 5.69 Å². The summed E-state index contributed by atoms with van der Waals surface area (Å²) in [5.41, 5.74) is 6.87. The molecule has 0 spiro atoms. The molecule has 4 nitrogen and oxygen atoms in total. The third kappa shape index (κ3) is 3.83. The van der Waals surface area contributed by atoms with Crippen molar-refractivity contribution in [2.75, 3.05) is 12.3 Å². The number of hydrogen-bond acceptors (Lipinski definition) is 3. The quantitative estimate of drug-likeness (QED) is 0.893. The highest BCUT2D eigenvalue weighted by Gasteiger charge is 2.32. The molecule has 1 aliphatic carbocycles. The van der Waals surface area contributed by atoms with Gasteiger partial charge in [-0.3, -0.25) is 4.79 Å². The summed E-state index contributed by atoms with van der Waals surface area (Å²) in [5, 5.41) is 3.01. The number of pyridine rings is 1. The summed E-state index contributed by atoms with van der Waals surface area (Å²) >= 11 is 0. The Bertz CT molecular complexity index is 413. The number of carbonyl (C=O) groups is 1. The largest absolute Gasteiger partial charge is 0.397 e. The Kier molecular flexibility index (Phi) is 5.60. The lowest BCUT2D eigenvalue weighted by atomic mass is 9.83. The smallest absolute Gasteiger partial charge is 0.269 e. The van der Waals surface area contributed by atoms with E-state index in [2.05, 4.69) is 17.2 Å². The van der Waals surface area contributed by atoms with Crippen molar-refractivity contribution in [3.05, 3.63) is 24.0 Å². The van der Waals surface area contributed by atoms with Crippen molar-refractivity contribution < 1.29 is 4.79 Å². The van der Waals surface area contributed by atoms with E-state index in [0.29, 0.717) is 16.8 Å². The molecule has 1 aromatic rings. The van der Waals surface area contributed by atoms with Crippen LogP contribution in [-0.2, 0) is 0 Å². The molecule has 0 radical (unpaired) electrons. The maximum absolute atomic E-state index is 12.0. The highest BCUT2D eigenvalue weighted by Crippen LogP contribution is 2.40. The van der Waals surface area contributed by atoms with E-state index >= 15 is 0 Å². The van der Waals surface area contributed by atoms with Crippen molar-refractivity contribution in [3.63, 3.8) is 0 Å². The normalized spacial score (nSPS) is 16.7. The summed E-state index contributed by atoms with van der Waals surface area (Å²) in [6.45, 7) is 2.97. The number of nitrogens with one attached hydrogen (secondary N) is 1. The number of carbonyl (C=O) groups excluding carboxylic acids is 1. The fourth-order valence-corrected chi connectivity index (χ4v) is 2.68.